The van der Waals surface area contributed by atoms with Crippen LogP contribution in [-0.4, -0.2) is 29.8 Å². The molecule has 4 nitrogen and oxygen atoms in total. The molecule has 0 unspecified atom stereocenters. The maximum atomic E-state index is 13.6. The second-order valence-corrected chi connectivity index (χ2v) is 5.81. The molecule has 1 fully saturated rings. The van der Waals surface area contributed by atoms with Crippen molar-refractivity contribution in [1.29, 1.82) is 0 Å². The number of rotatable bonds is 4. The molecule has 6 heteroatoms. The van der Waals surface area contributed by atoms with Gasteiger partial charge in [0.25, 0.3) is 0 Å². The molecule has 1 aliphatic heterocycles. The first-order chi connectivity index (χ1) is 10.5. The minimum absolute atomic E-state index is 0.183. The zero-order valence-corrected chi connectivity index (χ0v) is 12.9. The summed E-state index contributed by atoms with van der Waals surface area (Å²) in [6, 6.07) is 4.38. The summed E-state index contributed by atoms with van der Waals surface area (Å²) < 4.78 is 13.6. The molecule has 2 amide bonds. The molecular weight excluding hydrogens is 307 g/mol. The molecular formula is C16H18ClFN2O2. The molecule has 1 aromatic carbocycles. The molecule has 0 radical (unpaired) electrons. The highest BCUT2D eigenvalue weighted by Crippen LogP contribution is 2.22. The van der Waals surface area contributed by atoms with Gasteiger partial charge >= 0.3 is 0 Å². The Kier molecular flexibility index (Phi) is 5.55. The van der Waals surface area contributed by atoms with Crippen LogP contribution in [0.15, 0.2) is 24.3 Å². The van der Waals surface area contributed by atoms with Crippen LogP contribution >= 0.6 is 11.6 Å². The zero-order chi connectivity index (χ0) is 16.1. The third-order valence-corrected chi connectivity index (χ3v) is 4.14. The zero-order valence-electron chi connectivity index (χ0n) is 12.1. The number of nitrogens with two attached hydrogens (primary N) is 1. The highest BCUT2D eigenvalue weighted by atomic mass is 35.5. The van der Waals surface area contributed by atoms with Gasteiger partial charge in [0.15, 0.2) is 0 Å². The fraction of sp³-hybridized carbons (Fsp3) is 0.375. The Morgan fingerprint density at radius 1 is 1.36 bits per heavy atom. The van der Waals surface area contributed by atoms with Gasteiger partial charge in [-0.2, -0.15) is 0 Å². The van der Waals surface area contributed by atoms with Crippen molar-refractivity contribution in [2.45, 2.75) is 19.3 Å². The van der Waals surface area contributed by atoms with Crippen LogP contribution in [0.2, 0.25) is 5.02 Å². The Labute approximate surface area is 133 Å². The smallest absolute Gasteiger partial charge is 0.246 e. The first kappa shape index (κ1) is 16.5. The van der Waals surface area contributed by atoms with Crippen molar-refractivity contribution in [3.05, 3.63) is 40.7 Å². The minimum atomic E-state index is -0.461. The predicted octanol–water partition coefficient (Wildman–Crippen LogP) is 2.61. The number of nitrogens with zero attached hydrogens (tertiary/aromatic N) is 1. The lowest BCUT2D eigenvalue weighted by atomic mass is 9.93. The Bertz CT molecular complexity index is 576. The lowest BCUT2D eigenvalue weighted by molar-refractivity contribution is -0.127. The number of halogens is 2. The van der Waals surface area contributed by atoms with E-state index in [1.807, 2.05) is 0 Å². The molecule has 0 aromatic heterocycles. The van der Waals surface area contributed by atoms with Crippen LogP contribution < -0.4 is 5.73 Å². The van der Waals surface area contributed by atoms with Gasteiger partial charge in [-0.3, -0.25) is 9.59 Å². The maximum absolute atomic E-state index is 13.6. The van der Waals surface area contributed by atoms with Crippen LogP contribution in [0.25, 0.3) is 6.08 Å². The number of hydrogen-bond donors (Lipinski definition) is 1. The van der Waals surface area contributed by atoms with E-state index in [1.54, 1.807) is 11.0 Å². The Morgan fingerprint density at radius 3 is 2.64 bits per heavy atom. The fourth-order valence-electron chi connectivity index (χ4n) is 2.57. The standard InChI is InChI=1S/C16H18ClFN2O2/c17-13-2-1-3-14(18)12(13)4-5-16(22)20-8-6-11(7-9-20)10-15(19)21/h1-5,11H,6-10H2,(H2,19,21)/b5-4-. The summed E-state index contributed by atoms with van der Waals surface area (Å²) in [4.78, 5) is 24.7. The van der Waals surface area contributed by atoms with Crippen LogP contribution in [0.1, 0.15) is 24.8 Å². The quantitative estimate of drug-likeness (QED) is 0.865. The van der Waals surface area contributed by atoms with Crippen LogP contribution in [0.5, 0.6) is 0 Å². The van der Waals surface area contributed by atoms with E-state index < -0.39 is 5.82 Å². The number of carbonyl (C=O) groups is 2. The van der Waals surface area contributed by atoms with Crippen molar-refractivity contribution in [2.24, 2.45) is 11.7 Å². The number of hydrogen-bond acceptors (Lipinski definition) is 2. The van der Waals surface area contributed by atoms with Crippen molar-refractivity contribution in [2.75, 3.05) is 13.1 Å². The summed E-state index contributed by atoms with van der Waals surface area (Å²) >= 11 is 5.91. The average molecular weight is 325 g/mol. The van der Waals surface area contributed by atoms with E-state index in [0.717, 1.165) is 12.8 Å². The lowest BCUT2D eigenvalue weighted by Crippen LogP contribution is -2.38. The first-order valence-corrected chi connectivity index (χ1v) is 7.54. The van der Waals surface area contributed by atoms with Crippen LogP contribution in [0.4, 0.5) is 4.39 Å². The van der Waals surface area contributed by atoms with Gasteiger partial charge in [-0.1, -0.05) is 17.7 Å². The molecule has 22 heavy (non-hydrogen) atoms. The molecule has 1 aliphatic rings. The van der Waals surface area contributed by atoms with Gasteiger partial charge in [0.2, 0.25) is 11.8 Å². The normalized spacial score (nSPS) is 16.2. The van der Waals surface area contributed by atoms with Gasteiger partial charge < -0.3 is 10.6 Å². The molecule has 1 saturated heterocycles. The number of piperidine rings is 1. The van der Waals surface area contributed by atoms with Gasteiger partial charge in [-0.25, -0.2) is 4.39 Å². The molecule has 2 N–H and O–H groups in total. The summed E-state index contributed by atoms with van der Waals surface area (Å²) in [6.07, 6.45) is 4.60. The topological polar surface area (TPSA) is 63.4 Å². The highest BCUT2D eigenvalue weighted by molar-refractivity contribution is 6.32. The van der Waals surface area contributed by atoms with E-state index in [2.05, 4.69) is 0 Å². The summed E-state index contributed by atoms with van der Waals surface area (Å²) in [5, 5.41) is 0.268. The number of amides is 2. The second-order valence-electron chi connectivity index (χ2n) is 5.41. The monoisotopic (exact) mass is 324 g/mol. The van der Waals surface area contributed by atoms with Gasteiger partial charge in [0, 0.05) is 31.1 Å². The van der Waals surface area contributed by atoms with Gasteiger partial charge in [-0.15, -0.1) is 0 Å². The van der Waals surface area contributed by atoms with Crippen molar-refractivity contribution < 1.29 is 14.0 Å². The van der Waals surface area contributed by atoms with E-state index in [4.69, 9.17) is 17.3 Å². The molecule has 1 aromatic rings. The van der Waals surface area contributed by atoms with E-state index in [0.29, 0.717) is 19.5 Å². The molecule has 118 valence electrons. The molecule has 0 atom stereocenters. The van der Waals surface area contributed by atoms with Crippen molar-refractivity contribution >= 4 is 29.5 Å². The number of carbonyl (C=O) groups excluding carboxylic acids is 2. The van der Waals surface area contributed by atoms with E-state index >= 15 is 0 Å². The summed E-state index contributed by atoms with van der Waals surface area (Å²) in [7, 11) is 0. The van der Waals surface area contributed by atoms with Crippen molar-refractivity contribution in [1.82, 2.24) is 4.90 Å². The molecule has 2 rings (SSSR count). The third-order valence-electron chi connectivity index (χ3n) is 3.81. The van der Waals surface area contributed by atoms with Gasteiger partial charge in [0.1, 0.15) is 5.82 Å². The van der Waals surface area contributed by atoms with Crippen molar-refractivity contribution in [3.63, 3.8) is 0 Å². The fourth-order valence-corrected chi connectivity index (χ4v) is 2.80. The van der Waals surface area contributed by atoms with E-state index in [1.165, 1.54) is 24.3 Å². The number of likely N-dealkylation sites (tertiary alicyclic amines) is 1. The van der Waals surface area contributed by atoms with Crippen LogP contribution in [-0.2, 0) is 9.59 Å². The predicted molar refractivity (Wildman–Crippen MR) is 83.6 cm³/mol. The van der Waals surface area contributed by atoms with Crippen LogP contribution in [0.3, 0.4) is 0 Å². The summed E-state index contributed by atoms with van der Waals surface area (Å²) in [6.45, 7) is 1.15. The van der Waals surface area contributed by atoms with Crippen molar-refractivity contribution in [3.8, 4) is 0 Å². The molecule has 0 bridgehead atoms. The second kappa shape index (κ2) is 7.40. The van der Waals surface area contributed by atoms with E-state index in [-0.39, 0.29) is 28.3 Å². The summed E-state index contributed by atoms with van der Waals surface area (Å²) in [5.41, 5.74) is 5.39. The minimum Gasteiger partial charge on any atom is -0.370 e. The Balaban J connectivity index is 1.93. The van der Waals surface area contributed by atoms with Gasteiger partial charge in [-0.05, 0) is 37.0 Å². The number of benzene rings is 1. The third kappa shape index (κ3) is 4.31. The Morgan fingerprint density at radius 2 is 2.05 bits per heavy atom. The first-order valence-electron chi connectivity index (χ1n) is 7.16. The molecule has 0 saturated carbocycles. The SMILES string of the molecule is NC(=O)CC1CCN(C(=O)/C=C\c2c(F)cccc2Cl)CC1. The van der Waals surface area contributed by atoms with E-state index in [9.17, 15) is 14.0 Å². The molecule has 0 aliphatic carbocycles. The molecule has 1 heterocycles. The van der Waals surface area contributed by atoms with Crippen LogP contribution in [0, 0.1) is 11.7 Å². The summed E-state index contributed by atoms with van der Waals surface area (Å²) in [5.74, 6) is -0.709. The average Bonchev–Trinajstić information content (AvgIpc) is 2.46. The maximum Gasteiger partial charge on any atom is 0.246 e. The lowest BCUT2D eigenvalue weighted by Gasteiger charge is -2.30. The largest absolute Gasteiger partial charge is 0.370 e. The van der Waals surface area contributed by atoms with Gasteiger partial charge in [0.05, 0.1) is 5.02 Å². The molecule has 0 spiro atoms. The highest BCUT2D eigenvalue weighted by Gasteiger charge is 2.22. The number of primary amides is 1. The Hall–Kier alpha value is -1.88.